The number of rotatable bonds is 39. The average Bonchev–Trinajstić information content (AvgIpc) is 3.05. The van der Waals surface area contributed by atoms with Crippen molar-refractivity contribution in [3.8, 4) is 0 Å². The fourth-order valence-corrected chi connectivity index (χ4v) is 7.09. The number of Topliss-reactive ketones (excluding diaryl/α,β-unsaturated/α-hetero) is 1. The molecule has 0 aromatic carbocycles. The van der Waals surface area contributed by atoms with Gasteiger partial charge in [0.15, 0.2) is 5.78 Å². The number of hydrogen-bond acceptors (Lipinski definition) is 5. The molecule has 47 heavy (non-hydrogen) atoms. The van der Waals surface area contributed by atoms with Crippen LogP contribution in [0.3, 0.4) is 0 Å². The zero-order valence-electron chi connectivity index (χ0n) is 31.9. The summed E-state index contributed by atoms with van der Waals surface area (Å²) in [6, 6.07) is 0. The second-order valence-corrected chi connectivity index (χ2v) is 15.0. The van der Waals surface area contributed by atoms with Crippen molar-refractivity contribution in [3.63, 3.8) is 0 Å². The highest BCUT2D eigenvalue weighted by molar-refractivity contribution is 5.86. The Labute approximate surface area is 294 Å². The summed E-state index contributed by atoms with van der Waals surface area (Å²) in [4.78, 5) is 12.8. The molecule has 0 aromatic rings. The van der Waals surface area contributed by atoms with Crippen LogP contribution < -0.4 is 5.73 Å². The molecule has 282 valence electrons. The molecule has 1 unspecified atom stereocenters. The third kappa shape index (κ3) is 31.2. The number of nitrogens with two attached hydrogens (primary N) is 1. The van der Waals surface area contributed by atoms with E-state index in [0.717, 1.165) is 38.5 Å². The van der Waals surface area contributed by atoms with Gasteiger partial charge in [0, 0.05) is 0 Å². The minimum absolute atomic E-state index is 0.381. The summed E-state index contributed by atoms with van der Waals surface area (Å²) in [7, 11) is 0. The molecule has 5 heteroatoms. The van der Waals surface area contributed by atoms with Gasteiger partial charge in [-0.25, -0.2) is 0 Å². The largest absolute Gasteiger partial charge is 0.392 e. The second-order valence-electron chi connectivity index (χ2n) is 15.0. The second kappa shape index (κ2) is 36.8. The summed E-state index contributed by atoms with van der Waals surface area (Å²) in [6.07, 6.45) is 39.9. The van der Waals surface area contributed by atoms with Crippen LogP contribution in [-0.4, -0.2) is 39.5 Å². The van der Waals surface area contributed by atoms with Gasteiger partial charge < -0.3 is 21.1 Å². The standard InChI is InChI=1S/C42H85NO4/c1-3-5-7-9-11-13-15-17-18-19-20-21-22-23-25-27-29-31-33-35-37-39(45)41(46)40(42(43)47)38(44)36-34-32-30-28-26-24-16-14-12-10-8-6-4-2/h38-40,42,44-45,47H,3-37,43H2,1-2H3/t38-,39+,40-,42?/m1/s1. The van der Waals surface area contributed by atoms with Crippen LogP contribution in [0.1, 0.15) is 239 Å². The predicted octanol–water partition coefficient (Wildman–Crippen LogP) is 11.9. The molecule has 0 radical (unpaired) electrons. The fraction of sp³-hybridized carbons (Fsp3) is 0.976. The van der Waals surface area contributed by atoms with Gasteiger partial charge in [-0.2, -0.15) is 0 Å². The Balaban J connectivity index is 3.70. The molecule has 0 saturated heterocycles. The van der Waals surface area contributed by atoms with E-state index < -0.39 is 30.1 Å². The molecule has 0 amide bonds. The third-order valence-corrected chi connectivity index (χ3v) is 10.4. The molecule has 0 aliphatic carbocycles. The monoisotopic (exact) mass is 668 g/mol. The van der Waals surface area contributed by atoms with Gasteiger partial charge >= 0.3 is 0 Å². The molecule has 0 fully saturated rings. The van der Waals surface area contributed by atoms with Gasteiger partial charge in [-0.15, -0.1) is 0 Å². The summed E-state index contributed by atoms with van der Waals surface area (Å²) >= 11 is 0. The van der Waals surface area contributed by atoms with Gasteiger partial charge in [0.05, 0.1) is 12.0 Å². The lowest BCUT2D eigenvalue weighted by atomic mass is 9.87. The van der Waals surface area contributed by atoms with Gasteiger partial charge in [-0.3, -0.25) is 4.79 Å². The van der Waals surface area contributed by atoms with Crippen molar-refractivity contribution in [2.45, 2.75) is 257 Å². The lowest BCUT2D eigenvalue weighted by Crippen LogP contribution is -2.47. The van der Waals surface area contributed by atoms with Crippen molar-refractivity contribution in [2.75, 3.05) is 0 Å². The molecule has 5 N–H and O–H groups in total. The molecule has 0 bridgehead atoms. The SMILES string of the molecule is CCCCCCCCCCCCCCCCCCCCCC[C@H](O)C(=O)[C@H](C(N)O)[C@H](O)CCCCCCCCCCCCCCC. The van der Waals surface area contributed by atoms with E-state index in [1.807, 2.05) is 0 Å². The summed E-state index contributed by atoms with van der Waals surface area (Å²) in [6.45, 7) is 4.54. The van der Waals surface area contributed by atoms with Crippen LogP contribution >= 0.6 is 0 Å². The van der Waals surface area contributed by atoms with Crippen molar-refractivity contribution in [1.29, 1.82) is 0 Å². The molecule has 0 aliphatic heterocycles. The van der Waals surface area contributed by atoms with Gasteiger partial charge in [-0.05, 0) is 12.8 Å². The van der Waals surface area contributed by atoms with Crippen molar-refractivity contribution < 1.29 is 20.1 Å². The highest BCUT2D eigenvalue weighted by atomic mass is 16.3. The molecular formula is C42H85NO4. The number of ketones is 1. The zero-order chi connectivity index (χ0) is 34.6. The topological polar surface area (TPSA) is 104 Å². The first-order chi connectivity index (χ1) is 23.0. The van der Waals surface area contributed by atoms with Crippen molar-refractivity contribution in [3.05, 3.63) is 0 Å². The molecule has 4 atom stereocenters. The summed E-state index contributed by atoms with van der Waals surface area (Å²) in [5.74, 6) is -1.60. The number of aliphatic hydroxyl groups is 3. The zero-order valence-corrected chi connectivity index (χ0v) is 31.9. The highest BCUT2D eigenvalue weighted by Gasteiger charge is 2.34. The minimum Gasteiger partial charge on any atom is -0.392 e. The molecule has 0 spiro atoms. The van der Waals surface area contributed by atoms with E-state index in [2.05, 4.69) is 13.8 Å². The lowest BCUT2D eigenvalue weighted by Gasteiger charge is -2.26. The molecule has 5 nitrogen and oxygen atoms in total. The van der Waals surface area contributed by atoms with E-state index >= 15 is 0 Å². The van der Waals surface area contributed by atoms with Crippen LogP contribution in [0.5, 0.6) is 0 Å². The van der Waals surface area contributed by atoms with Gasteiger partial charge in [0.1, 0.15) is 12.3 Å². The molecule has 0 rings (SSSR count). The summed E-state index contributed by atoms with van der Waals surface area (Å²) in [5, 5.41) is 31.2. The first-order valence-electron chi connectivity index (χ1n) is 21.3. The molecular weight excluding hydrogens is 582 g/mol. The van der Waals surface area contributed by atoms with Crippen molar-refractivity contribution in [1.82, 2.24) is 0 Å². The van der Waals surface area contributed by atoms with E-state index in [1.165, 1.54) is 173 Å². The van der Waals surface area contributed by atoms with Crippen LogP contribution in [0.25, 0.3) is 0 Å². The van der Waals surface area contributed by atoms with Crippen LogP contribution in [0, 0.1) is 5.92 Å². The van der Waals surface area contributed by atoms with E-state index in [4.69, 9.17) is 5.73 Å². The number of carbonyl (C=O) groups excluding carboxylic acids is 1. The van der Waals surface area contributed by atoms with E-state index in [-0.39, 0.29) is 0 Å². The normalized spacial score (nSPS) is 14.3. The minimum atomic E-state index is -1.44. The predicted molar refractivity (Wildman–Crippen MR) is 204 cm³/mol. The molecule has 0 heterocycles. The molecule has 0 saturated carbocycles. The maximum atomic E-state index is 12.8. The number of unbranched alkanes of at least 4 members (excludes halogenated alkanes) is 31. The maximum Gasteiger partial charge on any atom is 0.170 e. The summed E-state index contributed by atoms with van der Waals surface area (Å²) < 4.78 is 0. The third-order valence-electron chi connectivity index (χ3n) is 10.4. The Morgan fingerprint density at radius 2 is 0.638 bits per heavy atom. The summed E-state index contributed by atoms with van der Waals surface area (Å²) in [5.41, 5.74) is 5.69. The van der Waals surface area contributed by atoms with Crippen molar-refractivity contribution in [2.24, 2.45) is 11.7 Å². The quantitative estimate of drug-likeness (QED) is 0.0386. The fourth-order valence-electron chi connectivity index (χ4n) is 7.09. The van der Waals surface area contributed by atoms with Crippen molar-refractivity contribution >= 4 is 5.78 Å². The Morgan fingerprint density at radius 3 is 0.894 bits per heavy atom. The average molecular weight is 668 g/mol. The lowest BCUT2D eigenvalue weighted by molar-refractivity contribution is -0.140. The first kappa shape index (κ1) is 46.5. The maximum absolute atomic E-state index is 12.8. The Morgan fingerprint density at radius 1 is 0.404 bits per heavy atom. The Kier molecular flexibility index (Phi) is 36.4. The number of carbonyl (C=O) groups is 1. The number of aliphatic hydroxyl groups excluding tert-OH is 3. The van der Waals surface area contributed by atoms with E-state index in [0.29, 0.717) is 12.8 Å². The van der Waals surface area contributed by atoms with Gasteiger partial charge in [0.2, 0.25) is 0 Å². The van der Waals surface area contributed by atoms with Crippen LogP contribution in [0.2, 0.25) is 0 Å². The number of hydrogen-bond donors (Lipinski definition) is 4. The Hall–Kier alpha value is -0.490. The molecule has 0 aromatic heterocycles. The van der Waals surface area contributed by atoms with Gasteiger partial charge in [-0.1, -0.05) is 226 Å². The van der Waals surface area contributed by atoms with Crippen LogP contribution in [-0.2, 0) is 4.79 Å². The van der Waals surface area contributed by atoms with E-state index in [9.17, 15) is 20.1 Å². The van der Waals surface area contributed by atoms with E-state index in [1.54, 1.807) is 0 Å². The Bertz CT molecular complexity index is 628. The van der Waals surface area contributed by atoms with Crippen LogP contribution in [0.15, 0.2) is 0 Å². The molecule has 0 aliphatic rings. The van der Waals surface area contributed by atoms with Gasteiger partial charge in [0.25, 0.3) is 0 Å². The highest BCUT2D eigenvalue weighted by Crippen LogP contribution is 2.21. The van der Waals surface area contributed by atoms with Crippen LogP contribution in [0.4, 0.5) is 0 Å². The first-order valence-corrected chi connectivity index (χ1v) is 21.3. The smallest absolute Gasteiger partial charge is 0.170 e.